The standard InChI is InChI=1S/C18H19F3N2O3/c1-25-15-8-7-13(10-16(15)26-11-18(19,20)21)23-17(24)14(22)9-12-5-3-2-4-6-12/h2-8,10,14H,9,11,22H2,1H3,(H,23,24)/t14-/m0/s1. The highest BCUT2D eigenvalue weighted by molar-refractivity contribution is 5.95. The van der Waals surface area contributed by atoms with Crippen LogP contribution in [0.5, 0.6) is 11.5 Å². The number of hydrogen-bond acceptors (Lipinski definition) is 4. The highest BCUT2D eigenvalue weighted by atomic mass is 19.4. The van der Waals surface area contributed by atoms with Gasteiger partial charge in [-0.2, -0.15) is 13.2 Å². The molecule has 0 unspecified atom stereocenters. The molecule has 2 rings (SSSR count). The number of halogens is 3. The zero-order valence-corrected chi connectivity index (χ0v) is 14.0. The third-order valence-electron chi connectivity index (χ3n) is 3.46. The van der Waals surface area contributed by atoms with E-state index in [1.165, 1.54) is 25.3 Å². The largest absolute Gasteiger partial charge is 0.493 e. The van der Waals surface area contributed by atoms with Crippen LogP contribution in [-0.4, -0.2) is 31.8 Å². The minimum atomic E-state index is -4.48. The maximum absolute atomic E-state index is 12.3. The van der Waals surface area contributed by atoms with Gasteiger partial charge >= 0.3 is 6.18 Å². The molecule has 1 atom stereocenters. The summed E-state index contributed by atoms with van der Waals surface area (Å²) < 4.78 is 46.8. The molecular formula is C18H19F3N2O3. The molecule has 2 aromatic rings. The molecule has 0 saturated heterocycles. The Morgan fingerprint density at radius 1 is 1.15 bits per heavy atom. The Morgan fingerprint density at radius 2 is 1.85 bits per heavy atom. The molecule has 0 aromatic heterocycles. The van der Waals surface area contributed by atoms with E-state index in [1.807, 2.05) is 30.3 Å². The van der Waals surface area contributed by atoms with E-state index in [0.29, 0.717) is 6.42 Å². The van der Waals surface area contributed by atoms with Crippen LogP contribution in [0.4, 0.5) is 18.9 Å². The summed E-state index contributed by atoms with van der Waals surface area (Å²) in [6, 6.07) is 12.6. The molecule has 140 valence electrons. The number of carbonyl (C=O) groups excluding carboxylic acids is 1. The van der Waals surface area contributed by atoms with Crippen LogP contribution in [0.2, 0.25) is 0 Å². The quantitative estimate of drug-likeness (QED) is 0.787. The van der Waals surface area contributed by atoms with Crippen molar-refractivity contribution in [3.63, 3.8) is 0 Å². The second-order valence-electron chi connectivity index (χ2n) is 5.55. The fourth-order valence-electron chi connectivity index (χ4n) is 2.22. The van der Waals surface area contributed by atoms with Crippen LogP contribution in [0.15, 0.2) is 48.5 Å². The van der Waals surface area contributed by atoms with Gasteiger partial charge < -0.3 is 20.5 Å². The average Bonchev–Trinajstić information content (AvgIpc) is 2.60. The zero-order chi connectivity index (χ0) is 19.2. The molecule has 0 aliphatic carbocycles. The zero-order valence-electron chi connectivity index (χ0n) is 14.0. The summed E-state index contributed by atoms with van der Waals surface area (Å²) in [6.45, 7) is -1.46. The number of carbonyl (C=O) groups is 1. The highest BCUT2D eigenvalue weighted by Gasteiger charge is 2.29. The number of methoxy groups -OCH3 is 1. The second-order valence-corrected chi connectivity index (χ2v) is 5.55. The predicted octanol–water partition coefficient (Wildman–Crippen LogP) is 3.14. The van der Waals surface area contributed by atoms with Gasteiger partial charge in [0, 0.05) is 11.8 Å². The first-order valence-corrected chi connectivity index (χ1v) is 7.76. The number of ether oxygens (including phenoxy) is 2. The predicted molar refractivity (Wildman–Crippen MR) is 91.3 cm³/mol. The maximum Gasteiger partial charge on any atom is 0.422 e. The van der Waals surface area contributed by atoms with Gasteiger partial charge in [0.1, 0.15) is 0 Å². The van der Waals surface area contributed by atoms with E-state index in [2.05, 4.69) is 5.32 Å². The summed E-state index contributed by atoms with van der Waals surface area (Å²) in [5, 5.41) is 2.57. The lowest BCUT2D eigenvalue weighted by atomic mass is 10.1. The Bertz CT molecular complexity index is 736. The summed E-state index contributed by atoms with van der Waals surface area (Å²) >= 11 is 0. The van der Waals surface area contributed by atoms with Crippen LogP contribution in [0, 0.1) is 0 Å². The Morgan fingerprint density at radius 3 is 2.46 bits per heavy atom. The van der Waals surface area contributed by atoms with Crippen LogP contribution < -0.4 is 20.5 Å². The number of alkyl halides is 3. The Hall–Kier alpha value is -2.74. The molecule has 0 radical (unpaired) electrons. The third-order valence-corrected chi connectivity index (χ3v) is 3.46. The maximum atomic E-state index is 12.3. The van der Waals surface area contributed by atoms with Gasteiger partial charge in [0.15, 0.2) is 18.1 Å². The van der Waals surface area contributed by atoms with Crippen molar-refractivity contribution in [3.8, 4) is 11.5 Å². The smallest absolute Gasteiger partial charge is 0.422 e. The van der Waals surface area contributed by atoms with Gasteiger partial charge in [-0.3, -0.25) is 4.79 Å². The molecular weight excluding hydrogens is 349 g/mol. The molecule has 0 spiro atoms. The van der Waals surface area contributed by atoms with E-state index in [-0.39, 0.29) is 17.2 Å². The number of rotatable bonds is 7. The Labute approximate surface area is 148 Å². The number of anilines is 1. The van der Waals surface area contributed by atoms with Crippen molar-refractivity contribution in [2.45, 2.75) is 18.6 Å². The molecule has 0 bridgehead atoms. The van der Waals surface area contributed by atoms with Crippen molar-refractivity contribution >= 4 is 11.6 Å². The fraction of sp³-hybridized carbons (Fsp3) is 0.278. The molecule has 0 fully saturated rings. The van der Waals surface area contributed by atoms with Crippen molar-refractivity contribution in [2.75, 3.05) is 19.0 Å². The molecule has 1 amide bonds. The average molecular weight is 368 g/mol. The fourth-order valence-corrected chi connectivity index (χ4v) is 2.22. The second kappa shape index (κ2) is 8.57. The minimum Gasteiger partial charge on any atom is -0.493 e. The van der Waals surface area contributed by atoms with Gasteiger partial charge in [0.2, 0.25) is 5.91 Å². The van der Waals surface area contributed by atoms with Gasteiger partial charge in [-0.1, -0.05) is 30.3 Å². The molecule has 26 heavy (non-hydrogen) atoms. The van der Waals surface area contributed by atoms with E-state index < -0.39 is 24.7 Å². The monoisotopic (exact) mass is 368 g/mol. The summed E-state index contributed by atoms with van der Waals surface area (Å²) in [5.74, 6) is -0.458. The minimum absolute atomic E-state index is 0.126. The number of amides is 1. The van der Waals surface area contributed by atoms with Crippen molar-refractivity contribution in [1.82, 2.24) is 0 Å². The lowest BCUT2D eigenvalue weighted by Crippen LogP contribution is -2.37. The summed E-state index contributed by atoms with van der Waals surface area (Å²) in [4.78, 5) is 12.2. The number of nitrogens with one attached hydrogen (secondary N) is 1. The SMILES string of the molecule is COc1ccc(NC(=O)[C@@H](N)Cc2ccccc2)cc1OCC(F)(F)F. The van der Waals surface area contributed by atoms with E-state index in [4.69, 9.17) is 15.2 Å². The summed E-state index contributed by atoms with van der Waals surface area (Å²) in [7, 11) is 1.31. The van der Waals surface area contributed by atoms with Gasteiger partial charge in [0.25, 0.3) is 0 Å². The first kappa shape index (κ1) is 19.6. The number of nitrogens with two attached hydrogens (primary N) is 1. The molecule has 8 heteroatoms. The third kappa shape index (κ3) is 5.96. The van der Waals surface area contributed by atoms with E-state index in [1.54, 1.807) is 0 Å². The normalized spacial score (nSPS) is 12.3. The van der Waals surface area contributed by atoms with Crippen molar-refractivity contribution in [3.05, 3.63) is 54.1 Å². The van der Waals surface area contributed by atoms with Crippen molar-refractivity contribution in [1.29, 1.82) is 0 Å². The lowest BCUT2D eigenvalue weighted by Gasteiger charge is -2.16. The Kier molecular flexibility index (Phi) is 6.46. The van der Waals surface area contributed by atoms with E-state index >= 15 is 0 Å². The van der Waals surface area contributed by atoms with E-state index in [9.17, 15) is 18.0 Å². The lowest BCUT2D eigenvalue weighted by molar-refractivity contribution is -0.153. The van der Waals surface area contributed by atoms with Gasteiger partial charge in [-0.15, -0.1) is 0 Å². The van der Waals surface area contributed by atoms with Crippen LogP contribution >= 0.6 is 0 Å². The van der Waals surface area contributed by atoms with Gasteiger partial charge in [-0.25, -0.2) is 0 Å². The first-order chi connectivity index (χ1) is 12.3. The molecule has 0 heterocycles. The van der Waals surface area contributed by atoms with Crippen molar-refractivity contribution in [2.24, 2.45) is 5.73 Å². The van der Waals surface area contributed by atoms with Crippen molar-refractivity contribution < 1.29 is 27.4 Å². The topological polar surface area (TPSA) is 73.6 Å². The van der Waals surface area contributed by atoms with Gasteiger partial charge in [-0.05, 0) is 24.1 Å². The summed E-state index contributed by atoms with van der Waals surface area (Å²) in [6.07, 6.45) is -4.15. The molecule has 2 aromatic carbocycles. The van der Waals surface area contributed by atoms with E-state index in [0.717, 1.165) is 5.56 Å². The molecule has 0 aliphatic rings. The number of hydrogen-bond donors (Lipinski definition) is 2. The number of benzene rings is 2. The molecule has 0 aliphatic heterocycles. The molecule has 5 nitrogen and oxygen atoms in total. The summed E-state index contributed by atoms with van der Waals surface area (Å²) in [5.41, 5.74) is 7.05. The van der Waals surface area contributed by atoms with Crippen LogP contribution in [-0.2, 0) is 11.2 Å². The highest BCUT2D eigenvalue weighted by Crippen LogP contribution is 2.31. The van der Waals surface area contributed by atoms with Crippen LogP contribution in [0.3, 0.4) is 0 Å². The van der Waals surface area contributed by atoms with Crippen LogP contribution in [0.25, 0.3) is 0 Å². The van der Waals surface area contributed by atoms with Gasteiger partial charge in [0.05, 0.1) is 13.2 Å². The van der Waals surface area contributed by atoms with Crippen LogP contribution in [0.1, 0.15) is 5.56 Å². The Balaban J connectivity index is 2.04. The first-order valence-electron chi connectivity index (χ1n) is 7.76. The molecule has 3 N–H and O–H groups in total. The molecule has 0 saturated carbocycles.